The molecule has 0 saturated heterocycles. The maximum atomic E-state index is 5.57. The Morgan fingerprint density at radius 1 is 1.29 bits per heavy atom. The van der Waals surface area contributed by atoms with Gasteiger partial charge in [-0.25, -0.2) is 0 Å². The lowest BCUT2D eigenvalue weighted by molar-refractivity contribution is 0.0196. The minimum Gasteiger partial charge on any atom is -0.381 e. The molecule has 1 aromatic heterocycles. The van der Waals surface area contributed by atoms with E-state index in [9.17, 15) is 0 Å². The highest BCUT2D eigenvalue weighted by Crippen LogP contribution is 2.34. The summed E-state index contributed by atoms with van der Waals surface area (Å²) in [5.74, 6) is 1.04. The molecule has 90 valence electrons. The van der Waals surface area contributed by atoms with Crippen LogP contribution in [0.2, 0.25) is 0 Å². The van der Waals surface area contributed by atoms with E-state index in [1.54, 1.807) is 13.2 Å². The summed E-state index contributed by atoms with van der Waals surface area (Å²) in [5.41, 5.74) is 7.17. The minimum atomic E-state index is -0.391. The molecule has 0 aliphatic carbocycles. The van der Waals surface area contributed by atoms with Crippen LogP contribution in [0.4, 0.5) is 5.82 Å². The van der Waals surface area contributed by atoms with Gasteiger partial charge in [-0.3, -0.25) is 0 Å². The van der Waals surface area contributed by atoms with Crippen LogP contribution in [0.1, 0.15) is 19.4 Å². The van der Waals surface area contributed by atoms with E-state index in [-0.39, 0.29) is 0 Å². The third-order valence-electron chi connectivity index (χ3n) is 2.88. The summed E-state index contributed by atoms with van der Waals surface area (Å²) in [6.45, 7) is 4.01. The molecule has 0 aliphatic rings. The third kappa shape index (κ3) is 2.17. The fraction of sp³-hybridized carbons (Fsp3) is 0.308. The molecule has 0 unspecified atom stereocenters. The maximum Gasteiger partial charge on any atom is 0.169 e. The molecule has 0 aliphatic heterocycles. The van der Waals surface area contributed by atoms with Crippen LogP contribution in [0, 0.1) is 0 Å². The van der Waals surface area contributed by atoms with Gasteiger partial charge in [-0.2, -0.15) is 0 Å². The second kappa shape index (κ2) is 4.22. The number of nitrogen functional groups attached to an aromatic ring is 1. The first-order chi connectivity index (χ1) is 8.04. The van der Waals surface area contributed by atoms with Gasteiger partial charge in [0.1, 0.15) is 0 Å². The van der Waals surface area contributed by atoms with Crippen molar-refractivity contribution in [1.29, 1.82) is 0 Å². The van der Waals surface area contributed by atoms with Crippen LogP contribution in [0.25, 0.3) is 11.3 Å². The smallest absolute Gasteiger partial charge is 0.169 e. The monoisotopic (exact) mass is 232 g/mol. The van der Waals surface area contributed by atoms with Gasteiger partial charge in [0.25, 0.3) is 0 Å². The Morgan fingerprint density at radius 3 is 2.59 bits per heavy atom. The molecule has 0 amide bonds. The number of ether oxygens (including phenoxy) is 1. The first-order valence-electron chi connectivity index (χ1n) is 5.42. The van der Waals surface area contributed by atoms with Crippen molar-refractivity contribution in [2.24, 2.45) is 0 Å². The first-order valence-corrected chi connectivity index (χ1v) is 5.42. The lowest BCUT2D eigenvalue weighted by Gasteiger charge is -2.25. The summed E-state index contributed by atoms with van der Waals surface area (Å²) in [5, 5.41) is 3.70. The Hall–Kier alpha value is -1.81. The molecule has 0 atom stereocenters. The molecule has 2 N–H and O–H groups in total. The molecule has 0 fully saturated rings. The molecule has 2 rings (SSSR count). The van der Waals surface area contributed by atoms with E-state index in [2.05, 4.69) is 5.16 Å². The second-order valence-corrected chi connectivity index (χ2v) is 4.38. The van der Waals surface area contributed by atoms with Crippen LogP contribution >= 0.6 is 0 Å². The predicted molar refractivity (Wildman–Crippen MR) is 66.4 cm³/mol. The zero-order chi connectivity index (χ0) is 12.5. The Bertz CT molecular complexity index is 518. The van der Waals surface area contributed by atoms with E-state index in [0.717, 1.165) is 11.1 Å². The van der Waals surface area contributed by atoms with E-state index in [1.807, 2.05) is 38.1 Å². The highest BCUT2D eigenvalue weighted by atomic mass is 16.5. The van der Waals surface area contributed by atoms with Crippen molar-refractivity contribution in [3.63, 3.8) is 0 Å². The van der Waals surface area contributed by atoms with Crippen molar-refractivity contribution in [3.8, 4) is 11.3 Å². The average molecular weight is 232 g/mol. The van der Waals surface area contributed by atoms with Gasteiger partial charge in [0.05, 0.1) is 5.60 Å². The lowest BCUT2D eigenvalue weighted by atomic mass is 9.92. The summed E-state index contributed by atoms with van der Waals surface area (Å²) in [4.78, 5) is 0. The van der Waals surface area contributed by atoms with Crippen molar-refractivity contribution in [2.45, 2.75) is 19.4 Å². The fourth-order valence-electron chi connectivity index (χ4n) is 1.75. The van der Waals surface area contributed by atoms with Crippen LogP contribution in [-0.2, 0) is 10.3 Å². The van der Waals surface area contributed by atoms with Crippen LogP contribution < -0.4 is 5.73 Å². The molecule has 2 aromatic rings. The van der Waals surface area contributed by atoms with Gasteiger partial charge in [-0.15, -0.1) is 0 Å². The number of anilines is 1. The number of nitrogens with zero attached hydrogens (tertiary/aromatic N) is 1. The normalized spacial score (nSPS) is 11.7. The van der Waals surface area contributed by atoms with Gasteiger partial charge >= 0.3 is 0 Å². The summed E-state index contributed by atoms with van der Waals surface area (Å²) >= 11 is 0. The number of benzene rings is 1. The molecule has 4 nitrogen and oxygen atoms in total. The standard InChI is InChI=1S/C13H16N2O2/c1-13(2,16-3)10-7-5-4-6-9(10)11-8-12(14)15-17-11/h4-8H,1-3H3,(H2,14,15). The van der Waals surface area contributed by atoms with Gasteiger partial charge in [-0.05, 0) is 19.4 Å². The molecule has 1 heterocycles. The Morgan fingerprint density at radius 2 is 2.00 bits per heavy atom. The van der Waals surface area contributed by atoms with Gasteiger partial charge in [0.15, 0.2) is 11.6 Å². The highest BCUT2D eigenvalue weighted by Gasteiger charge is 2.24. The summed E-state index contributed by atoms with van der Waals surface area (Å²) in [6.07, 6.45) is 0. The zero-order valence-electron chi connectivity index (χ0n) is 10.2. The topological polar surface area (TPSA) is 61.3 Å². The van der Waals surface area contributed by atoms with Gasteiger partial charge in [0.2, 0.25) is 0 Å². The van der Waals surface area contributed by atoms with Crippen LogP contribution in [0.3, 0.4) is 0 Å². The molecular weight excluding hydrogens is 216 g/mol. The van der Waals surface area contributed by atoms with Crippen molar-refractivity contribution >= 4 is 5.82 Å². The predicted octanol–water partition coefficient (Wildman–Crippen LogP) is 2.81. The van der Waals surface area contributed by atoms with Crippen LogP contribution in [0.15, 0.2) is 34.9 Å². The molecule has 17 heavy (non-hydrogen) atoms. The number of hydrogen-bond donors (Lipinski definition) is 1. The zero-order valence-corrected chi connectivity index (χ0v) is 10.2. The molecule has 0 radical (unpaired) electrons. The van der Waals surface area contributed by atoms with E-state index < -0.39 is 5.60 Å². The highest BCUT2D eigenvalue weighted by molar-refractivity contribution is 5.65. The fourth-order valence-corrected chi connectivity index (χ4v) is 1.75. The molecule has 0 bridgehead atoms. The number of aromatic nitrogens is 1. The summed E-state index contributed by atoms with van der Waals surface area (Å²) < 4.78 is 10.7. The van der Waals surface area contributed by atoms with E-state index >= 15 is 0 Å². The number of nitrogens with two attached hydrogens (primary N) is 1. The molecule has 0 spiro atoms. The summed E-state index contributed by atoms with van der Waals surface area (Å²) in [6, 6.07) is 9.61. The first kappa shape index (κ1) is 11.7. The minimum absolute atomic E-state index is 0.380. The second-order valence-electron chi connectivity index (χ2n) is 4.38. The maximum absolute atomic E-state index is 5.57. The quantitative estimate of drug-likeness (QED) is 0.883. The summed E-state index contributed by atoms with van der Waals surface area (Å²) in [7, 11) is 1.69. The Labute approximate surface area is 100 Å². The third-order valence-corrected chi connectivity index (χ3v) is 2.88. The number of rotatable bonds is 3. The van der Waals surface area contributed by atoms with E-state index in [4.69, 9.17) is 15.0 Å². The number of methoxy groups -OCH3 is 1. The molecule has 0 saturated carbocycles. The van der Waals surface area contributed by atoms with Crippen molar-refractivity contribution in [2.75, 3.05) is 12.8 Å². The van der Waals surface area contributed by atoms with E-state index in [0.29, 0.717) is 11.6 Å². The Kier molecular flexibility index (Phi) is 2.90. The van der Waals surface area contributed by atoms with Gasteiger partial charge < -0.3 is 15.0 Å². The SMILES string of the molecule is COC(C)(C)c1ccccc1-c1cc(N)no1. The lowest BCUT2D eigenvalue weighted by Crippen LogP contribution is -2.20. The van der Waals surface area contributed by atoms with Gasteiger partial charge in [0, 0.05) is 18.7 Å². The largest absolute Gasteiger partial charge is 0.381 e. The van der Waals surface area contributed by atoms with Crippen molar-refractivity contribution < 1.29 is 9.26 Å². The van der Waals surface area contributed by atoms with Crippen LogP contribution in [-0.4, -0.2) is 12.3 Å². The molecule has 1 aromatic carbocycles. The van der Waals surface area contributed by atoms with Crippen molar-refractivity contribution in [1.82, 2.24) is 5.16 Å². The van der Waals surface area contributed by atoms with Gasteiger partial charge in [-0.1, -0.05) is 29.4 Å². The van der Waals surface area contributed by atoms with Crippen molar-refractivity contribution in [3.05, 3.63) is 35.9 Å². The molecule has 4 heteroatoms. The van der Waals surface area contributed by atoms with E-state index in [1.165, 1.54) is 0 Å². The van der Waals surface area contributed by atoms with Crippen LogP contribution in [0.5, 0.6) is 0 Å². The number of hydrogen-bond acceptors (Lipinski definition) is 4. The molecular formula is C13H16N2O2. The average Bonchev–Trinajstić information content (AvgIpc) is 2.76. The Balaban J connectivity index is 2.55.